The predicted octanol–water partition coefficient (Wildman–Crippen LogP) is 2.38. The van der Waals surface area contributed by atoms with Crippen LogP contribution in [0.4, 0.5) is 0 Å². The Morgan fingerprint density at radius 3 is 2.27 bits per heavy atom. The fourth-order valence-corrected chi connectivity index (χ4v) is 4.10. The molecule has 3 rings (SSSR count). The molecule has 0 saturated carbocycles. The maximum absolute atomic E-state index is 13.3. The van der Waals surface area contributed by atoms with Gasteiger partial charge < -0.3 is 19.5 Å². The summed E-state index contributed by atoms with van der Waals surface area (Å²) in [6.07, 6.45) is 1.20. The smallest absolute Gasteiger partial charge is 0.328 e. The molecular weight excluding hydrogens is 388 g/mol. The van der Waals surface area contributed by atoms with E-state index in [0.29, 0.717) is 43.7 Å². The van der Waals surface area contributed by atoms with Gasteiger partial charge in [0.25, 0.3) is 5.91 Å². The first-order chi connectivity index (χ1) is 14.1. The van der Waals surface area contributed by atoms with Gasteiger partial charge in [-0.25, -0.2) is 4.79 Å². The molecule has 2 saturated heterocycles. The number of methoxy groups -OCH3 is 1. The van der Waals surface area contributed by atoms with Crippen molar-refractivity contribution < 1.29 is 29.0 Å². The maximum Gasteiger partial charge on any atom is 0.328 e. The molecule has 0 aliphatic carbocycles. The fraction of sp³-hybridized carbons (Fsp3) is 0.591. The van der Waals surface area contributed by atoms with Crippen LogP contribution < -0.4 is 4.74 Å². The number of likely N-dealkylation sites (tertiary alicyclic amines) is 1. The second-order valence-corrected chi connectivity index (χ2v) is 9.13. The molecule has 30 heavy (non-hydrogen) atoms. The van der Waals surface area contributed by atoms with Crippen LogP contribution in [0.5, 0.6) is 5.75 Å². The highest BCUT2D eigenvalue weighted by molar-refractivity contribution is 5.97. The van der Waals surface area contributed by atoms with Gasteiger partial charge in [0, 0.05) is 37.9 Å². The lowest BCUT2D eigenvalue weighted by Gasteiger charge is -2.44. The minimum Gasteiger partial charge on any atom is -0.497 e. The standard InChI is InChI=1S/C22H30N2O6/c1-21(2,3)13-18(25)23-11-9-22(10-12-23)24(17(14-30-22)20(27)28)19(26)15-5-7-16(29-4)8-6-15/h5-8,17H,9-14H2,1-4H3,(H,27,28)/t17-/m1/s1. The van der Waals surface area contributed by atoms with Crippen LogP contribution in [0.15, 0.2) is 24.3 Å². The number of carbonyl (C=O) groups is 3. The van der Waals surface area contributed by atoms with Crippen molar-refractivity contribution in [1.82, 2.24) is 9.80 Å². The van der Waals surface area contributed by atoms with Crippen LogP contribution in [0.2, 0.25) is 0 Å². The van der Waals surface area contributed by atoms with E-state index in [0.717, 1.165) is 0 Å². The first-order valence-electron chi connectivity index (χ1n) is 10.2. The molecule has 164 valence electrons. The van der Waals surface area contributed by atoms with E-state index >= 15 is 0 Å². The topological polar surface area (TPSA) is 96.4 Å². The van der Waals surface area contributed by atoms with Crippen molar-refractivity contribution in [3.8, 4) is 5.75 Å². The van der Waals surface area contributed by atoms with Crippen molar-refractivity contribution in [2.75, 3.05) is 26.8 Å². The third kappa shape index (κ3) is 4.43. The number of benzene rings is 1. The number of carboxylic acids is 1. The number of aliphatic carboxylic acids is 1. The highest BCUT2D eigenvalue weighted by Gasteiger charge is 2.54. The number of rotatable bonds is 4. The van der Waals surface area contributed by atoms with Crippen molar-refractivity contribution in [2.24, 2.45) is 5.41 Å². The van der Waals surface area contributed by atoms with Gasteiger partial charge in [-0.3, -0.25) is 14.5 Å². The first-order valence-corrected chi connectivity index (χ1v) is 10.2. The van der Waals surface area contributed by atoms with Crippen molar-refractivity contribution in [3.05, 3.63) is 29.8 Å². The zero-order valence-corrected chi connectivity index (χ0v) is 18.0. The minimum atomic E-state index is -1.10. The van der Waals surface area contributed by atoms with E-state index in [2.05, 4.69) is 0 Å². The second-order valence-electron chi connectivity index (χ2n) is 9.13. The van der Waals surface area contributed by atoms with E-state index in [9.17, 15) is 19.5 Å². The Labute approximate surface area is 176 Å². The Kier molecular flexibility index (Phi) is 6.08. The van der Waals surface area contributed by atoms with Crippen molar-refractivity contribution in [2.45, 2.75) is 51.8 Å². The number of ether oxygens (including phenoxy) is 2. The summed E-state index contributed by atoms with van der Waals surface area (Å²) >= 11 is 0. The Bertz CT molecular complexity index is 806. The molecule has 0 aromatic heterocycles. The molecule has 8 nitrogen and oxygen atoms in total. The molecule has 1 N–H and O–H groups in total. The molecule has 1 aromatic carbocycles. The summed E-state index contributed by atoms with van der Waals surface area (Å²) in [5, 5.41) is 9.68. The molecule has 8 heteroatoms. The van der Waals surface area contributed by atoms with E-state index in [-0.39, 0.29) is 17.9 Å². The summed E-state index contributed by atoms with van der Waals surface area (Å²) in [6.45, 7) is 6.84. The molecule has 2 heterocycles. The van der Waals surface area contributed by atoms with Gasteiger partial charge in [-0.15, -0.1) is 0 Å². The summed E-state index contributed by atoms with van der Waals surface area (Å²) in [5.74, 6) is -0.811. The minimum absolute atomic E-state index is 0.0623. The number of hydrogen-bond acceptors (Lipinski definition) is 5. The van der Waals surface area contributed by atoms with Gasteiger partial charge in [0.05, 0.1) is 13.7 Å². The summed E-state index contributed by atoms with van der Waals surface area (Å²) in [7, 11) is 1.54. The predicted molar refractivity (Wildman–Crippen MR) is 109 cm³/mol. The lowest BCUT2D eigenvalue weighted by atomic mass is 9.90. The lowest BCUT2D eigenvalue weighted by Crippen LogP contribution is -2.58. The van der Waals surface area contributed by atoms with Crippen LogP contribution in [-0.4, -0.2) is 71.3 Å². The average Bonchev–Trinajstić information content (AvgIpc) is 3.05. The molecule has 2 aliphatic heterocycles. The van der Waals surface area contributed by atoms with Crippen molar-refractivity contribution >= 4 is 17.8 Å². The number of nitrogens with zero attached hydrogens (tertiary/aromatic N) is 2. The van der Waals surface area contributed by atoms with Gasteiger partial charge in [0.1, 0.15) is 11.5 Å². The number of carbonyl (C=O) groups excluding carboxylic acids is 2. The molecule has 1 spiro atoms. The first kappa shape index (κ1) is 22.1. The van der Waals surface area contributed by atoms with Crippen LogP contribution in [0.3, 0.4) is 0 Å². The molecule has 2 fully saturated rings. The van der Waals surface area contributed by atoms with Gasteiger partial charge in [0.2, 0.25) is 5.91 Å². The monoisotopic (exact) mass is 418 g/mol. The third-order valence-corrected chi connectivity index (χ3v) is 5.68. The lowest BCUT2D eigenvalue weighted by molar-refractivity contribution is -0.148. The highest BCUT2D eigenvalue weighted by Crippen LogP contribution is 2.39. The Hall–Kier alpha value is -2.61. The van der Waals surface area contributed by atoms with Gasteiger partial charge >= 0.3 is 5.97 Å². The Balaban J connectivity index is 1.80. The zero-order valence-electron chi connectivity index (χ0n) is 18.0. The van der Waals surface area contributed by atoms with Crippen LogP contribution >= 0.6 is 0 Å². The molecule has 2 aliphatic rings. The number of hydrogen-bond donors (Lipinski definition) is 1. The summed E-state index contributed by atoms with van der Waals surface area (Å²) < 4.78 is 11.1. The van der Waals surface area contributed by atoms with E-state index in [1.807, 2.05) is 20.8 Å². The summed E-state index contributed by atoms with van der Waals surface area (Å²) in [6, 6.07) is 5.51. The van der Waals surface area contributed by atoms with Crippen molar-refractivity contribution in [3.63, 3.8) is 0 Å². The molecule has 0 unspecified atom stereocenters. The zero-order chi connectivity index (χ0) is 22.1. The van der Waals surface area contributed by atoms with Gasteiger partial charge in [-0.1, -0.05) is 20.8 Å². The maximum atomic E-state index is 13.3. The number of amides is 2. The van der Waals surface area contributed by atoms with E-state index in [4.69, 9.17) is 9.47 Å². The van der Waals surface area contributed by atoms with Crippen LogP contribution in [0, 0.1) is 5.41 Å². The van der Waals surface area contributed by atoms with Gasteiger partial charge in [0.15, 0.2) is 6.04 Å². The fourth-order valence-electron chi connectivity index (χ4n) is 4.10. The van der Waals surface area contributed by atoms with Crippen LogP contribution in [-0.2, 0) is 14.3 Å². The van der Waals surface area contributed by atoms with Crippen LogP contribution in [0.25, 0.3) is 0 Å². The number of piperidine rings is 1. The molecule has 0 radical (unpaired) electrons. The molecule has 2 amide bonds. The van der Waals surface area contributed by atoms with E-state index in [1.165, 1.54) is 12.0 Å². The number of carboxylic acid groups (broad SMARTS) is 1. The van der Waals surface area contributed by atoms with E-state index < -0.39 is 23.6 Å². The van der Waals surface area contributed by atoms with Crippen LogP contribution in [0.1, 0.15) is 50.4 Å². The Morgan fingerprint density at radius 1 is 1.17 bits per heavy atom. The average molecular weight is 418 g/mol. The Morgan fingerprint density at radius 2 is 1.77 bits per heavy atom. The third-order valence-electron chi connectivity index (χ3n) is 5.68. The highest BCUT2D eigenvalue weighted by atomic mass is 16.5. The van der Waals surface area contributed by atoms with Gasteiger partial charge in [-0.2, -0.15) is 0 Å². The van der Waals surface area contributed by atoms with Crippen molar-refractivity contribution in [1.29, 1.82) is 0 Å². The van der Waals surface area contributed by atoms with E-state index in [1.54, 1.807) is 29.2 Å². The summed E-state index contributed by atoms with van der Waals surface area (Å²) in [4.78, 5) is 40.9. The quantitative estimate of drug-likeness (QED) is 0.807. The second kappa shape index (κ2) is 8.26. The summed E-state index contributed by atoms with van der Waals surface area (Å²) in [5.41, 5.74) is -0.752. The normalized spacial score (nSPS) is 21.0. The molecule has 0 bridgehead atoms. The SMILES string of the molecule is COc1ccc(C(=O)N2[C@@H](C(=O)O)COC23CCN(C(=O)CC(C)(C)C)CC3)cc1. The molecule has 1 atom stereocenters. The molecule has 1 aromatic rings. The van der Waals surface area contributed by atoms with Gasteiger partial charge in [-0.05, 0) is 29.7 Å². The largest absolute Gasteiger partial charge is 0.497 e. The molecular formula is C22H30N2O6.